The summed E-state index contributed by atoms with van der Waals surface area (Å²) in [6.07, 6.45) is 10.1. The van der Waals surface area contributed by atoms with Gasteiger partial charge in [0.15, 0.2) is 0 Å². The fourth-order valence-electron chi connectivity index (χ4n) is 4.96. The van der Waals surface area contributed by atoms with E-state index in [9.17, 15) is 5.11 Å². The predicted octanol–water partition coefficient (Wildman–Crippen LogP) is 2.43. The molecule has 3 fully saturated rings. The molecular weight excluding hydrogens is 238 g/mol. The molecule has 1 aliphatic heterocycles. The number of aliphatic hydroxyl groups excluding tert-OH is 1. The molecule has 3 unspecified atom stereocenters. The van der Waals surface area contributed by atoms with Crippen LogP contribution in [0.2, 0.25) is 0 Å². The quantitative estimate of drug-likeness (QED) is 0.852. The van der Waals surface area contributed by atoms with Crippen molar-refractivity contribution in [1.29, 1.82) is 0 Å². The molecule has 3 rings (SSSR count). The first kappa shape index (κ1) is 13.8. The topological polar surface area (TPSA) is 32.7 Å². The second-order valence-electron chi connectivity index (χ2n) is 7.12. The normalized spacial score (nSPS) is 39.2. The van der Waals surface area contributed by atoms with Gasteiger partial charge in [-0.05, 0) is 56.4 Å². The van der Waals surface area contributed by atoms with Crippen molar-refractivity contribution in [3.05, 3.63) is 0 Å². The summed E-state index contributed by atoms with van der Waals surface area (Å²) in [7, 11) is 1.81. The molecule has 0 aromatic carbocycles. The van der Waals surface area contributed by atoms with Crippen molar-refractivity contribution < 1.29 is 9.84 Å². The van der Waals surface area contributed by atoms with E-state index in [2.05, 4.69) is 4.90 Å². The Labute approximate surface area is 117 Å². The number of rotatable bonds is 3. The van der Waals surface area contributed by atoms with E-state index in [-0.39, 0.29) is 6.10 Å². The summed E-state index contributed by atoms with van der Waals surface area (Å²) in [5, 5.41) is 10.1. The molecular formula is C16H29NO2. The number of nitrogens with zero attached hydrogens (tertiary/aromatic N) is 1. The average molecular weight is 267 g/mol. The molecule has 19 heavy (non-hydrogen) atoms. The minimum atomic E-state index is -0.0577. The first-order chi connectivity index (χ1) is 9.23. The van der Waals surface area contributed by atoms with E-state index in [1.165, 1.54) is 51.6 Å². The lowest BCUT2D eigenvalue weighted by molar-refractivity contribution is -0.0201. The Balaban J connectivity index is 1.69. The molecule has 0 radical (unpaired) electrons. The summed E-state index contributed by atoms with van der Waals surface area (Å²) in [5.41, 5.74) is 0.543. The van der Waals surface area contributed by atoms with Gasteiger partial charge in [-0.1, -0.05) is 12.8 Å². The highest BCUT2D eigenvalue weighted by Gasteiger charge is 2.48. The maximum Gasteiger partial charge on any atom is 0.0555 e. The van der Waals surface area contributed by atoms with Crippen molar-refractivity contribution >= 4 is 0 Å². The first-order valence-corrected chi connectivity index (χ1v) is 8.14. The largest absolute Gasteiger partial charge is 0.393 e. The Hall–Kier alpha value is -0.120. The summed E-state index contributed by atoms with van der Waals surface area (Å²) in [5.74, 6) is 0.711. The molecule has 1 saturated heterocycles. The highest BCUT2D eigenvalue weighted by molar-refractivity contribution is 5.01. The Morgan fingerprint density at radius 1 is 1.21 bits per heavy atom. The van der Waals surface area contributed by atoms with Crippen LogP contribution in [0.15, 0.2) is 0 Å². The number of aliphatic hydroxyl groups is 1. The van der Waals surface area contributed by atoms with Crippen LogP contribution in [-0.2, 0) is 4.74 Å². The molecule has 1 N–H and O–H groups in total. The third-order valence-electron chi connectivity index (χ3n) is 5.94. The van der Waals surface area contributed by atoms with E-state index in [1.807, 2.05) is 7.11 Å². The number of methoxy groups -OCH3 is 1. The molecule has 2 saturated carbocycles. The third kappa shape index (κ3) is 2.70. The van der Waals surface area contributed by atoms with Crippen LogP contribution in [0.1, 0.15) is 51.4 Å². The van der Waals surface area contributed by atoms with Gasteiger partial charge in [-0.15, -0.1) is 0 Å². The van der Waals surface area contributed by atoms with Crippen LogP contribution in [-0.4, -0.2) is 49.0 Å². The molecule has 110 valence electrons. The molecule has 1 heterocycles. The molecule has 3 aliphatic rings. The molecule has 0 aromatic rings. The van der Waals surface area contributed by atoms with Gasteiger partial charge in [0.25, 0.3) is 0 Å². The van der Waals surface area contributed by atoms with Crippen molar-refractivity contribution in [3.8, 4) is 0 Å². The van der Waals surface area contributed by atoms with Crippen LogP contribution >= 0.6 is 0 Å². The predicted molar refractivity (Wildman–Crippen MR) is 76.1 cm³/mol. The number of hydrogen-bond acceptors (Lipinski definition) is 3. The van der Waals surface area contributed by atoms with Crippen LogP contribution in [0, 0.1) is 11.3 Å². The molecule has 0 amide bonds. The average Bonchev–Trinajstić information content (AvgIpc) is 3.03. The maximum absolute atomic E-state index is 10.1. The highest BCUT2D eigenvalue weighted by Crippen LogP contribution is 2.51. The van der Waals surface area contributed by atoms with Crippen molar-refractivity contribution in [2.75, 3.05) is 26.8 Å². The van der Waals surface area contributed by atoms with E-state index in [0.717, 1.165) is 19.4 Å². The van der Waals surface area contributed by atoms with E-state index >= 15 is 0 Å². The molecule has 1 spiro atoms. The van der Waals surface area contributed by atoms with Crippen LogP contribution < -0.4 is 0 Å². The van der Waals surface area contributed by atoms with Crippen LogP contribution in [0.5, 0.6) is 0 Å². The van der Waals surface area contributed by atoms with Crippen LogP contribution in [0.25, 0.3) is 0 Å². The Kier molecular flexibility index (Phi) is 4.16. The van der Waals surface area contributed by atoms with Gasteiger partial charge in [0.1, 0.15) is 0 Å². The lowest BCUT2D eigenvalue weighted by Gasteiger charge is -2.48. The van der Waals surface area contributed by atoms with Crippen LogP contribution in [0.3, 0.4) is 0 Å². The van der Waals surface area contributed by atoms with Gasteiger partial charge >= 0.3 is 0 Å². The lowest BCUT2D eigenvalue weighted by atomic mass is 9.67. The van der Waals surface area contributed by atoms with Gasteiger partial charge in [0, 0.05) is 19.7 Å². The second-order valence-corrected chi connectivity index (χ2v) is 7.12. The van der Waals surface area contributed by atoms with E-state index < -0.39 is 0 Å². The molecule has 0 bridgehead atoms. The van der Waals surface area contributed by atoms with Gasteiger partial charge in [-0.3, -0.25) is 4.90 Å². The fourth-order valence-corrected chi connectivity index (χ4v) is 4.96. The molecule has 3 nitrogen and oxygen atoms in total. The van der Waals surface area contributed by atoms with E-state index in [1.54, 1.807) is 0 Å². The minimum absolute atomic E-state index is 0.0577. The van der Waals surface area contributed by atoms with E-state index in [4.69, 9.17) is 4.74 Å². The summed E-state index contributed by atoms with van der Waals surface area (Å²) in [6.45, 7) is 3.30. The van der Waals surface area contributed by atoms with E-state index in [0.29, 0.717) is 17.4 Å². The second kappa shape index (κ2) is 5.71. The van der Waals surface area contributed by atoms with Crippen molar-refractivity contribution in [2.24, 2.45) is 11.3 Å². The van der Waals surface area contributed by atoms with Gasteiger partial charge < -0.3 is 9.84 Å². The zero-order valence-corrected chi connectivity index (χ0v) is 12.3. The molecule has 3 atom stereocenters. The maximum atomic E-state index is 10.1. The summed E-state index contributed by atoms with van der Waals surface area (Å²) in [4.78, 5) is 2.69. The van der Waals surface area contributed by atoms with Crippen molar-refractivity contribution in [1.82, 2.24) is 4.90 Å². The Bertz CT molecular complexity index is 301. The standard InChI is InChI=1S/C16H29NO2/c1-19-12-13-5-9-17(11-13)15-10-14(18)4-8-16(15)6-2-3-7-16/h13-15,18H,2-12H2,1H3. The van der Waals surface area contributed by atoms with Gasteiger partial charge in [0.05, 0.1) is 12.7 Å². The van der Waals surface area contributed by atoms with Crippen molar-refractivity contribution in [2.45, 2.75) is 63.5 Å². The smallest absolute Gasteiger partial charge is 0.0555 e. The number of hydrogen-bond donors (Lipinski definition) is 1. The summed E-state index contributed by atoms with van der Waals surface area (Å²) in [6, 6.07) is 0.639. The first-order valence-electron chi connectivity index (χ1n) is 8.14. The Morgan fingerprint density at radius 3 is 2.74 bits per heavy atom. The lowest BCUT2D eigenvalue weighted by Crippen LogP contribution is -2.50. The summed E-state index contributed by atoms with van der Waals surface area (Å²) < 4.78 is 5.32. The molecule has 3 heteroatoms. The van der Waals surface area contributed by atoms with Crippen molar-refractivity contribution in [3.63, 3.8) is 0 Å². The Morgan fingerprint density at radius 2 is 2.00 bits per heavy atom. The SMILES string of the molecule is COCC1CCN(C2CC(O)CCC23CCCC3)C1. The molecule has 0 aromatic heterocycles. The fraction of sp³-hybridized carbons (Fsp3) is 1.00. The van der Waals surface area contributed by atoms with Gasteiger partial charge in [-0.25, -0.2) is 0 Å². The zero-order chi connectivity index (χ0) is 13.3. The number of ether oxygens (including phenoxy) is 1. The number of likely N-dealkylation sites (tertiary alicyclic amines) is 1. The van der Waals surface area contributed by atoms with Gasteiger partial charge in [-0.2, -0.15) is 0 Å². The van der Waals surface area contributed by atoms with Crippen LogP contribution in [0.4, 0.5) is 0 Å². The molecule has 2 aliphatic carbocycles. The summed E-state index contributed by atoms with van der Waals surface area (Å²) >= 11 is 0. The zero-order valence-electron chi connectivity index (χ0n) is 12.3. The minimum Gasteiger partial charge on any atom is -0.393 e. The third-order valence-corrected chi connectivity index (χ3v) is 5.94. The monoisotopic (exact) mass is 267 g/mol. The highest BCUT2D eigenvalue weighted by atomic mass is 16.5. The van der Waals surface area contributed by atoms with Gasteiger partial charge in [0.2, 0.25) is 0 Å².